The van der Waals surface area contributed by atoms with Crippen LogP contribution in [0.1, 0.15) is 28.7 Å². The number of rotatable bonds is 4. The summed E-state index contributed by atoms with van der Waals surface area (Å²) in [6, 6.07) is 4.13. The number of amides is 1. The molecule has 1 saturated heterocycles. The molecular weight excluding hydrogens is 302 g/mol. The van der Waals surface area contributed by atoms with Gasteiger partial charge in [-0.2, -0.15) is 5.10 Å². The summed E-state index contributed by atoms with van der Waals surface area (Å²) >= 11 is 1.09. The maximum absolute atomic E-state index is 11.6. The second kappa shape index (κ2) is 6.74. The van der Waals surface area contributed by atoms with Crippen molar-refractivity contribution >= 4 is 35.0 Å². The molecule has 1 heterocycles. The van der Waals surface area contributed by atoms with Gasteiger partial charge in [-0.25, -0.2) is 0 Å². The van der Waals surface area contributed by atoms with Gasteiger partial charge in [-0.15, -0.1) is 5.10 Å². The van der Waals surface area contributed by atoms with Gasteiger partial charge in [0.2, 0.25) is 5.91 Å². The van der Waals surface area contributed by atoms with Crippen molar-refractivity contribution in [3.8, 4) is 0 Å². The molecule has 2 N–H and O–H groups in total. The molecule has 1 aliphatic heterocycles. The van der Waals surface area contributed by atoms with Crippen LogP contribution in [-0.4, -0.2) is 33.6 Å². The maximum Gasteiger partial charge on any atom is 0.305 e. The van der Waals surface area contributed by atoms with Gasteiger partial charge < -0.3 is 10.4 Å². The molecule has 1 aliphatic rings. The third-order valence-corrected chi connectivity index (χ3v) is 4.28. The van der Waals surface area contributed by atoms with E-state index in [4.69, 9.17) is 5.11 Å². The summed E-state index contributed by atoms with van der Waals surface area (Å²) in [5, 5.41) is 18.9. The highest BCUT2D eigenvalue weighted by Gasteiger charge is 2.32. The first-order valence-corrected chi connectivity index (χ1v) is 7.63. The average molecular weight is 319 g/mol. The van der Waals surface area contributed by atoms with Crippen LogP contribution in [0.15, 0.2) is 22.3 Å². The maximum atomic E-state index is 11.6. The normalized spacial score (nSPS) is 19.9. The number of thioether (sulfide) groups is 1. The Morgan fingerprint density at radius 1 is 1.36 bits per heavy atom. The van der Waals surface area contributed by atoms with E-state index in [0.29, 0.717) is 5.17 Å². The largest absolute Gasteiger partial charge is 0.481 e. The molecule has 1 aromatic carbocycles. The van der Waals surface area contributed by atoms with E-state index in [-0.39, 0.29) is 12.3 Å². The lowest BCUT2D eigenvalue weighted by Gasteiger charge is -2.05. The molecule has 1 amide bonds. The fourth-order valence-corrected chi connectivity index (χ4v) is 3.19. The fraction of sp³-hybridized carbons (Fsp3) is 0.333. The molecule has 0 saturated carbocycles. The van der Waals surface area contributed by atoms with Crippen LogP contribution < -0.4 is 5.32 Å². The van der Waals surface area contributed by atoms with Crippen LogP contribution in [0.25, 0.3) is 0 Å². The highest BCUT2D eigenvalue weighted by Crippen LogP contribution is 2.22. The van der Waals surface area contributed by atoms with Crippen molar-refractivity contribution in [2.75, 3.05) is 0 Å². The number of carboxylic acids is 1. The average Bonchev–Trinajstić information content (AvgIpc) is 2.72. The van der Waals surface area contributed by atoms with Crippen LogP contribution in [0.3, 0.4) is 0 Å². The second-order valence-corrected chi connectivity index (χ2v) is 6.35. The number of carbonyl (C=O) groups is 2. The molecule has 22 heavy (non-hydrogen) atoms. The number of aliphatic carboxylic acids is 1. The molecule has 6 nitrogen and oxygen atoms in total. The first kappa shape index (κ1) is 16.2. The van der Waals surface area contributed by atoms with Gasteiger partial charge in [-0.3, -0.25) is 9.59 Å². The van der Waals surface area contributed by atoms with Crippen molar-refractivity contribution in [3.05, 3.63) is 34.4 Å². The Balaban J connectivity index is 2.10. The molecule has 1 fully saturated rings. The third kappa shape index (κ3) is 3.94. The number of aryl methyl sites for hydroxylation is 3. The molecule has 0 bridgehead atoms. The molecule has 0 radical (unpaired) electrons. The highest BCUT2D eigenvalue weighted by atomic mass is 32.2. The van der Waals surface area contributed by atoms with Crippen LogP contribution in [0.2, 0.25) is 0 Å². The summed E-state index contributed by atoms with van der Waals surface area (Å²) in [5.41, 5.74) is 4.39. The first-order valence-electron chi connectivity index (χ1n) is 6.75. The third-order valence-electron chi connectivity index (χ3n) is 3.21. The first-order chi connectivity index (χ1) is 10.4. The number of hydrogen-bond donors (Lipinski definition) is 2. The number of hydrogen-bond acceptors (Lipinski definition) is 5. The van der Waals surface area contributed by atoms with E-state index in [9.17, 15) is 9.59 Å². The van der Waals surface area contributed by atoms with Gasteiger partial charge in [-0.1, -0.05) is 29.5 Å². The predicted molar refractivity (Wildman–Crippen MR) is 87.5 cm³/mol. The summed E-state index contributed by atoms with van der Waals surface area (Å²) in [6.45, 7) is 6.04. The molecule has 7 heteroatoms. The number of carboxylic acid groups (broad SMARTS) is 1. The van der Waals surface area contributed by atoms with E-state index >= 15 is 0 Å². The zero-order valence-corrected chi connectivity index (χ0v) is 13.4. The molecule has 1 atom stereocenters. The Morgan fingerprint density at radius 3 is 2.59 bits per heavy atom. The van der Waals surface area contributed by atoms with E-state index < -0.39 is 11.2 Å². The van der Waals surface area contributed by atoms with Gasteiger partial charge in [0.05, 0.1) is 12.6 Å². The van der Waals surface area contributed by atoms with Crippen LogP contribution in [0.5, 0.6) is 0 Å². The Kier molecular flexibility index (Phi) is 4.97. The van der Waals surface area contributed by atoms with Crippen molar-refractivity contribution in [2.24, 2.45) is 10.2 Å². The van der Waals surface area contributed by atoms with E-state index in [2.05, 4.69) is 27.7 Å². The number of benzene rings is 1. The monoisotopic (exact) mass is 319 g/mol. The molecule has 1 aromatic rings. The van der Waals surface area contributed by atoms with Gasteiger partial charge in [0.25, 0.3) is 0 Å². The molecule has 116 valence electrons. The van der Waals surface area contributed by atoms with Crippen LogP contribution in [0.4, 0.5) is 0 Å². The van der Waals surface area contributed by atoms with E-state index in [0.717, 1.165) is 28.5 Å². The van der Waals surface area contributed by atoms with Gasteiger partial charge in [0, 0.05) is 5.56 Å². The number of carbonyl (C=O) groups excluding carboxylic acids is 1. The molecule has 0 aliphatic carbocycles. The second-order valence-electron chi connectivity index (χ2n) is 5.16. The lowest BCUT2D eigenvalue weighted by molar-refractivity contribution is -0.138. The van der Waals surface area contributed by atoms with Crippen molar-refractivity contribution in [3.63, 3.8) is 0 Å². The molecule has 1 unspecified atom stereocenters. The van der Waals surface area contributed by atoms with Crippen molar-refractivity contribution in [1.82, 2.24) is 5.32 Å². The van der Waals surface area contributed by atoms with Crippen molar-refractivity contribution in [1.29, 1.82) is 0 Å². The Bertz CT molecular complexity index is 660. The van der Waals surface area contributed by atoms with E-state index in [1.165, 1.54) is 5.56 Å². The van der Waals surface area contributed by atoms with Crippen molar-refractivity contribution < 1.29 is 14.7 Å². The van der Waals surface area contributed by atoms with Crippen LogP contribution in [0, 0.1) is 20.8 Å². The van der Waals surface area contributed by atoms with Gasteiger partial charge in [-0.05, 0) is 31.9 Å². The minimum Gasteiger partial charge on any atom is -0.481 e. The SMILES string of the molecule is Cc1cc(C)c(C=NN=C2NC(=O)C(CC(=O)O)S2)c(C)c1. The molecule has 0 spiro atoms. The van der Waals surface area contributed by atoms with Crippen LogP contribution in [-0.2, 0) is 9.59 Å². The minimum absolute atomic E-state index is 0.227. The number of amidine groups is 1. The summed E-state index contributed by atoms with van der Waals surface area (Å²) in [7, 11) is 0. The highest BCUT2D eigenvalue weighted by molar-refractivity contribution is 8.15. The van der Waals surface area contributed by atoms with E-state index in [1.54, 1.807) is 6.21 Å². The van der Waals surface area contributed by atoms with Gasteiger partial charge in [0.15, 0.2) is 5.17 Å². The lowest BCUT2D eigenvalue weighted by Crippen LogP contribution is -2.26. The quantitative estimate of drug-likeness (QED) is 0.656. The van der Waals surface area contributed by atoms with Crippen molar-refractivity contribution in [2.45, 2.75) is 32.4 Å². The standard InChI is InChI=1S/C15H17N3O3S/c1-8-4-9(2)11(10(3)5-8)7-16-18-15-17-14(21)12(22-15)6-13(19)20/h4-5,7,12H,6H2,1-3H3,(H,19,20)(H,17,18,21). The van der Waals surface area contributed by atoms with E-state index in [1.807, 2.05) is 20.8 Å². The molecular formula is C15H17N3O3S. The zero-order chi connectivity index (χ0) is 16.3. The summed E-state index contributed by atoms with van der Waals surface area (Å²) in [5.74, 6) is -1.35. The Morgan fingerprint density at radius 2 is 2.00 bits per heavy atom. The molecule has 0 aromatic heterocycles. The summed E-state index contributed by atoms with van der Waals surface area (Å²) < 4.78 is 0. The Labute approximate surface area is 132 Å². The smallest absolute Gasteiger partial charge is 0.305 e. The number of nitrogens with zero attached hydrogens (tertiary/aromatic N) is 2. The summed E-state index contributed by atoms with van der Waals surface area (Å²) in [6.07, 6.45) is 1.42. The molecule has 2 rings (SSSR count). The topological polar surface area (TPSA) is 91.1 Å². The van der Waals surface area contributed by atoms with Crippen LogP contribution >= 0.6 is 11.8 Å². The Hall–Kier alpha value is -2.15. The summed E-state index contributed by atoms with van der Waals surface area (Å²) in [4.78, 5) is 22.2. The van der Waals surface area contributed by atoms with Gasteiger partial charge >= 0.3 is 5.97 Å². The number of nitrogens with one attached hydrogen (secondary N) is 1. The zero-order valence-electron chi connectivity index (χ0n) is 12.6. The lowest BCUT2D eigenvalue weighted by atomic mass is 10.0. The fourth-order valence-electron chi connectivity index (χ4n) is 2.28. The predicted octanol–water partition coefficient (Wildman–Crippen LogP) is 2.01. The minimum atomic E-state index is -1.01. The van der Waals surface area contributed by atoms with Gasteiger partial charge in [0.1, 0.15) is 5.25 Å².